The van der Waals surface area contributed by atoms with E-state index in [4.69, 9.17) is 0 Å². The molecule has 0 aliphatic rings. The van der Waals surface area contributed by atoms with Crippen LogP contribution in [0.5, 0.6) is 0 Å². The van der Waals surface area contributed by atoms with Gasteiger partial charge >= 0.3 is 0 Å². The van der Waals surface area contributed by atoms with Crippen LogP contribution in [0.3, 0.4) is 0 Å². The Morgan fingerprint density at radius 1 is 1.05 bits per heavy atom. The molecule has 0 N–H and O–H groups in total. The molecule has 0 unspecified atom stereocenters. The zero-order valence-electron chi connectivity index (χ0n) is 11.2. The maximum Gasteiger partial charge on any atom is 0.227 e. The molecule has 0 atom stereocenters. The van der Waals surface area contributed by atoms with Crippen molar-refractivity contribution in [2.75, 3.05) is 0 Å². The lowest BCUT2D eigenvalue weighted by molar-refractivity contribution is -0.655. The Hall–Kier alpha value is -2.04. The fourth-order valence-electron chi connectivity index (χ4n) is 2.57. The molecule has 4 aromatic rings. The predicted octanol–water partition coefficient (Wildman–Crippen LogP) is 4.29. The van der Waals surface area contributed by atoms with Crippen LogP contribution in [0.15, 0.2) is 58.7 Å². The third-order valence-corrected chi connectivity index (χ3v) is 5.20. The van der Waals surface area contributed by atoms with Gasteiger partial charge in [-0.2, -0.15) is 4.57 Å². The topological polar surface area (TPSA) is 20.9 Å². The van der Waals surface area contributed by atoms with Crippen molar-refractivity contribution < 1.29 is 9.36 Å². The molecule has 0 saturated carbocycles. The summed E-state index contributed by atoms with van der Waals surface area (Å²) in [7, 11) is 0. The largest absolute Gasteiger partial charge is 0.287 e. The van der Waals surface area contributed by atoms with Crippen molar-refractivity contribution in [3.05, 3.63) is 64.3 Å². The SMILES string of the molecule is O=C(C[n+]1cc2sccc2c2cscc21)c1ccccc1. The first-order chi connectivity index (χ1) is 10.3. The number of hydrogen-bond acceptors (Lipinski definition) is 3. The smallest absolute Gasteiger partial charge is 0.227 e. The molecule has 4 heteroatoms. The van der Waals surface area contributed by atoms with Gasteiger partial charge < -0.3 is 0 Å². The van der Waals surface area contributed by atoms with Crippen LogP contribution in [0.4, 0.5) is 0 Å². The summed E-state index contributed by atoms with van der Waals surface area (Å²) in [6.07, 6.45) is 2.09. The molecule has 3 heterocycles. The molecule has 0 fully saturated rings. The van der Waals surface area contributed by atoms with E-state index in [9.17, 15) is 4.79 Å². The zero-order valence-corrected chi connectivity index (χ0v) is 12.8. The van der Waals surface area contributed by atoms with Crippen molar-refractivity contribution in [3.63, 3.8) is 0 Å². The maximum atomic E-state index is 12.4. The third-order valence-electron chi connectivity index (χ3n) is 3.62. The van der Waals surface area contributed by atoms with Gasteiger partial charge in [-0.1, -0.05) is 30.3 Å². The van der Waals surface area contributed by atoms with Gasteiger partial charge in [-0.05, 0) is 11.4 Å². The number of pyridine rings is 1. The zero-order chi connectivity index (χ0) is 14.2. The van der Waals surface area contributed by atoms with E-state index in [1.807, 2.05) is 30.3 Å². The minimum Gasteiger partial charge on any atom is -0.287 e. The summed E-state index contributed by atoms with van der Waals surface area (Å²) in [4.78, 5) is 12.4. The molecule has 21 heavy (non-hydrogen) atoms. The molecular formula is C17H12NOS2+. The number of carbonyl (C=O) groups is 1. The molecule has 0 saturated heterocycles. The van der Waals surface area contributed by atoms with Gasteiger partial charge in [0.05, 0.1) is 15.5 Å². The van der Waals surface area contributed by atoms with Crippen LogP contribution >= 0.6 is 22.7 Å². The normalized spacial score (nSPS) is 11.2. The minimum atomic E-state index is 0.143. The van der Waals surface area contributed by atoms with E-state index in [0.717, 1.165) is 11.1 Å². The van der Waals surface area contributed by atoms with Crippen LogP contribution in [0.2, 0.25) is 0 Å². The molecule has 3 aromatic heterocycles. The fourth-order valence-corrected chi connectivity index (χ4v) is 4.26. The second kappa shape index (κ2) is 5.06. The highest BCUT2D eigenvalue weighted by Gasteiger charge is 2.18. The summed E-state index contributed by atoms with van der Waals surface area (Å²) in [5.41, 5.74) is 1.90. The molecule has 0 radical (unpaired) electrons. The second-order valence-corrected chi connectivity index (χ2v) is 6.61. The molecular weight excluding hydrogens is 298 g/mol. The van der Waals surface area contributed by atoms with Crippen molar-refractivity contribution in [1.82, 2.24) is 0 Å². The number of hydrogen-bond donors (Lipinski definition) is 0. The van der Waals surface area contributed by atoms with Crippen molar-refractivity contribution in [2.24, 2.45) is 0 Å². The molecule has 0 amide bonds. The molecule has 2 nitrogen and oxygen atoms in total. The van der Waals surface area contributed by atoms with Crippen molar-refractivity contribution >= 4 is 49.4 Å². The third kappa shape index (κ3) is 2.17. The number of carbonyl (C=O) groups excluding carboxylic acids is 1. The number of Topliss-reactive ketones (excluding diaryl/α,β-unsaturated/α-hetero) is 1. The summed E-state index contributed by atoms with van der Waals surface area (Å²) in [6.45, 7) is 0.380. The number of rotatable bonds is 3. The monoisotopic (exact) mass is 310 g/mol. The first-order valence-corrected chi connectivity index (χ1v) is 8.49. The van der Waals surface area contributed by atoms with Crippen LogP contribution in [-0.4, -0.2) is 5.78 Å². The maximum absolute atomic E-state index is 12.4. The Kier molecular flexibility index (Phi) is 3.05. The van der Waals surface area contributed by atoms with Crippen molar-refractivity contribution in [1.29, 1.82) is 0 Å². The van der Waals surface area contributed by atoms with Crippen LogP contribution in [0, 0.1) is 0 Å². The average Bonchev–Trinajstić information content (AvgIpc) is 3.16. The van der Waals surface area contributed by atoms with E-state index in [1.165, 1.54) is 15.5 Å². The molecule has 1 aromatic carbocycles. The van der Waals surface area contributed by atoms with Gasteiger partial charge in [0.2, 0.25) is 17.8 Å². The summed E-state index contributed by atoms with van der Waals surface area (Å²) in [5, 5.41) is 8.89. The predicted molar refractivity (Wildman–Crippen MR) is 88.2 cm³/mol. The Bertz CT molecular complexity index is 937. The van der Waals surface area contributed by atoms with Gasteiger partial charge in [-0.3, -0.25) is 4.79 Å². The Morgan fingerprint density at radius 3 is 2.76 bits per heavy atom. The highest BCUT2D eigenvalue weighted by atomic mass is 32.1. The highest BCUT2D eigenvalue weighted by Crippen LogP contribution is 2.28. The van der Waals surface area contributed by atoms with Gasteiger partial charge in [0.1, 0.15) is 0 Å². The van der Waals surface area contributed by atoms with E-state index >= 15 is 0 Å². The van der Waals surface area contributed by atoms with Gasteiger partial charge in [-0.15, -0.1) is 22.7 Å². The lowest BCUT2D eigenvalue weighted by atomic mass is 10.1. The molecule has 4 rings (SSSR count). The molecule has 0 spiro atoms. The minimum absolute atomic E-state index is 0.143. The molecule has 102 valence electrons. The lowest BCUT2D eigenvalue weighted by Gasteiger charge is -2.00. The molecule has 0 aliphatic heterocycles. The van der Waals surface area contributed by atoms with E-state index in [0.29, 0.717) is 6.54 Å². The summed E-state index contributed by atoms with van der Waals surface area (Å²) >= 11 is 3.40. The number of nitrogens with zero attached hydrogens (tertiary/aromatic N) is 1. The Balaban J connectivity index is 1.82. The van der Waals surface area contributed by atoms with E-state index in [1.54, 1.807) is 22.7 Å². The Labute approximate surface area is 129 Å². The molecule has 0 bridgehead atoms. The highest BCUT2D eigenvalue weighted by molar-refractivity contribution is 7.17. The summed E-state index contributed by atoms with van der Waals surface area (Å²) in [6, 6.07) is 11.6. The summed E-state index contributed by atoms with van der Waals surface area (Å²) < 4.78 is 3.29. The first kappa shape index (κ1) is 12.7. The van der Waals surface area contributed by atoms with Crippen molar-refractivity contribution in [2.45, 2.75) is 6.54 Å². The fraction of sp³-hybridized carbons (Fsp3) is 0.0588. The van der Waals surface area contributed by atoms with Crippen LogP contribution in [0.1, 0.15) is 10.4 Å². The second-order valence-electron chi connectivity index (χ2n) is 4.92. The first-order valence-electron chi connectivity index (χ1n) is 6.67. The van der Waals surface area contributed by atoms with E-state index in [-0.39, 0.29) is 5.78 Å². The van der Waals surface area contributed by atoms with Crippen molar-refractivity contribution in [3.8, 4) is 0 Å². The van der Waals surface area contributed by atoms with E-state index < -0.39 is 0 Å². The van der Waals surface area contributed by atoms with Gasteiger partial charge in [0, 0.05) is 16.3 Å². The summed E-state index contributed by atoms with van der Waals surface area (Å²) in [5.74, 6) is 0.143. The van der Waals surface area contributed by atoms with Gasteiger partial charge in [0.25, 0.3) is 0 Å². The lowest BCUT2D eigenvalue weighted by Crippen LogP contribution is -2.38. The van der Waals surface area contributed by atoms with Crippen LogP contribution < -0.4 is 4.57 Å². The van der Waals surface area contributed by atoms with Crippen LogP contribution in [0.25, 0.3) is 21.0 Å². The number of fused-ring (bicyclic) bond motifs is 3. The standard InChI is InChI=1S/C17H12NOS2/c19-16(12-4-2-1-3-5-12)8-18-9-17-13(6-7-21-17)14-10-20-11-15(14)18/h1-7,9-11H,8H2/q+1. The quantitative estimate of drug-likeness (QED) is 0.408. The number of thiophene rings is 2. The molecule has 0 aliphatic carbocycles. The van der Waals surface area contributed by atoms with Gasteiger partial charge in [0.15, 0.2) is 6.20 Å². The number of aromatic nitrogens is 1. The van der Waals surface area contributed by atoms with E-state index in [2.05, 4.69) is 33.0 Å². The van der Waals surface area contributed by atoms with Gasteiger partial charge in [-0.25, -0.2) is 0 Å². The average molecular weight is 310 g/mol. The Morgan fingerprint density at radius 2 is 1.90 bits per heavy atom. The number of ketones is 1. The number of benzene rings is 1. The van der Waals surface area contributed by atoms with Crippen LogP contribution in [-0.2, 0) is 6.54 Å².